The van der Waals surface area contributed by atoms with E-state index in [4.69, 9.17) is 0 Å². The van der Waals surface area contributed by atoms with E-state index in [2.05, 4.69) is 34.5 Å². The molecule has 0 radical (unpaired) electrons. The van der Waals surface area contributed by atoms with Gasteiger partial charge in [-0.15, -0.1) is 0 Å². The van der Waals surface area contributed by atoms with Gasteiger partial charge in [0.05, 0.1) is 0 Å². The molecule has 0 saturated carbocycles. The molecular formula is C21H25N3O. The molecule has 1 amide bonds. The highest BCUT2D eigenvalue weighted by Gasteiger charge is 2.30. The minimum atomic E-state index is 0.245. The van der Waals surface area contributed by atoms with E-state index in [0.717, 1.165) is 44.8 Å². The van der Waals surface area contributed by atoms with Crippen molar-refractivity contribution in [1.29, 1.82) is 0 Å². The molecule has 1 N–H and O–H groups in total. The Kier molecular flexibility index (Phi) is 4.70. The minimum Gasteiger partial charge on any atom is -0.369 e. The molecule has 4 nitrogen and oxygen atoms in total. The molecule has 0 aliphatic carbocycles. The third-order valence-electron chi connectivity index (χ3n) is 5.19. The van der Waals surface area contributed by atoms with Gasteiger partial charge in [0, 0.05) is 50.5 Å². The van der Waals surface area contributed by atoms with Gasteiger partial charge in [-0.25, -0.2) is 0 Å². The van der Waals surface area contributed by atoms with Gasteiger partial charge in [-0.2, -0.15) is 0 Å². The van der Waals surface area contributed by atoms with Crippen molar-refractivity contribution < 1.29 is 4.79 Å². The van der Waals surface area contributed by atoms with E-state index in [1.807, 2.05) is 35.2 Å². The Labute approximate surface area is 149 Å². The maximum absolute atomic E-state index is 12.4. The van der Waals surface area contributed by atoms with Crippen LogP contribution in [0.1, 0.15) is 12.0 Å². The van der Waals surface area contributed by atoms with Crippen LogP contribution in [0.25, 0.3) is 0 Å². The number of piperazine rings is 1. The number of hydrogen-bond acceptors (Lipinski definition) is 3. The first kappa shape index (κ1) is 16.2. The molecule has 2 aliphatic rings. The van der Waals surface area contributed by atoms with Gasteiger partial charge in [0.25, 0.3) is 0 Å². The molecule has 0 unspecified atom stereocenters. The molecule has 2 saturated heterocycles. The number of nitrogens with one attached hydrogen (secondary N) is 1. The van der Waals surface area contributed by atoms with Crippen LogP contribution >= 0.6 is 0 Å². The Hall–Kier alpha value is -2.33. The summed E-state index contributed by atoms with van der Waals surface area (Å²) in [5.74, 6) is 0.639. The second-order valence-corrected chi connectivity index (χ2v) is 7.02. The average Bonchev–Trinajstić information content (AvgIpc) is 3.03. The molecule has 4 heteroatoms. The zero-order valence-electron chi connectivity index (χ0n) is 14.5. The van der Waals surface area contributed by atoms with Crippen LogP contribution in [0.5, 0.6) is 0 Å². The molecule has 1 atom stereocenters. The molecule has 4 rings (SSSR count). The van der Waals surface area contributed by atoms with E-state index in [0.29, 0.717) is 12.3 Å². The Morgan fingerprint density at radius 1 is 0.960 bits per heavy atom. The first-order chi connectivity index (χ1) is 12.3. The fourth-order valence-corrected chi connectivity index (χ4v) is 3.91. The summed E-state index contributed by atoms with van der Waals surface area (Å²) in [5.41, 5.74) is 3.66. The van der Waals surface area contributed by atoms with Gasteiger partial charge >= 0.3 is 0 Å². The number of nitrogens with zero attached hydrogens (tertiary/aromatic N) is 2. The van der Waals surface area contributed by atoms with E-state index in [1.54, 1.807) is 0 Å². The molecular weight excluding hydrogens is 310 g/mol. The highest BCUT2D eigenvalue weighted by molar-refractivity contribution is 5.95. The van der Waals surface area contributed by atoms with Crippen molar-refractivity contribution in [3.63, 3.8) is 0 Å². The average molecular weight is 335 g/mol. The number of hydrogen-bond donors (Lipinski definition) is 1. The Morgan fingerprint density at radius 2 is 1.72 bits per heavy atom. The third-order valence-corrected chi connectivity index (χ3v) is 5.19. The highest BCUT2D eigenvalue weighted by Crippen LogP contribution is 2.28. The summed E-state index contributed by atoms with van der Waals surface area (Å²) in [4.78, 5) is 16.8. The van der Waals surface area contributed by atoms with Crippen molar-refractivity contribution in [3.8, 4) is 0 Å². The van der Waals surface area contributed by atoms with Crippen molar-refractivity contribution in [2.75, 3.05) is 42.5 Å². The van der Waals surface area contributed by atoms with Gasteiger partial charge in [-0.1, -0.05) is 30.3 Å². The van der Waals surface area contributed by atoms with E-state index in [-0.39, 0.29) is 5.91 Å². The Balaban J connectivity index is 1.43. The summed E-state index contributed by atoms with van der Waals surface area (Å²) in [6.07, 6.45) is 1.61. The fraction of sp³-hybridized carbons (Fsp3) is 0.381. The lowest BCUT2D eigenvalue weighted by Gasteiger charge is -2.29. The topological polar surface area (TPSA) is 35.6 Å². The van der Waals surface area contributed by atoms with Gasteiger partial charge < -0.3 is 15.1 Å². The van der Waals surface area contributed by atoms with Crippen LogP contribution in [-0.2, 0) is 11.2 Å². The number of carbonyl (C=O) groups is 1. The van der Waals surface area contributed by atoms with Crippen molar-refractivity contribution in [3.05, 3.63) is 60.2 Å². The Morgan fingerprint density at radius 3 is 2.52 bits per heavy atom. The van der Waals surface area contributed by atoms with E-state index in [9.17, 15) is 4.79 Å². The van der Waals surface area contributed by atoms with E-state index in [1.165, 1.54) is 11.3 Å². The lowest BCUT2D eigenvalue weighted by Crippen LogP contribution is -2.43. The molecule has 0 aromatic heterocycles. The second kappa shape index (κ2) is 7.28. The number of carbonyl (C=O) groups excluding carboxylic acids is 1. The molecule has 2 aromatic carbocycles. The third kappa shape index (κ3) is 3.69. The van der Waals surface area contributed by atoms with Gasteiger partial charge in [0.2, 0.25) is 5.91 Å². The van der Waals surface area contributed by atoms with Crippen LogP contribution in [0.3, 0.4) is 0 Å². The molecule has 2 fully saturated rings. The number of rotatable bonds is 4. The van der Waals surface area contributed by atoms with Crippen LogP contribution in [0.15, 0.2) is 54.6 Å². The van der Waals surface area contributed by atoms with Crippen LogP contribution in [0, 0.1) is 5.92 Å². The van der Waals surface area contributed by atoms with E-state index >= 15 is 0 Å². The summed E-state index contributed by atoms with van der Waals surface area (Å²) in [6.45, 7) is 5.04. The predicted molar refractivity (Wildman–Crippen MR) is 102 cm³/mol. The molecule has 130 valence electrons. The number of amides is 1. The first-order valence-electron chi connectivity index (χ1n) is 9.19. The number of benzene rings is 2. The second-order valence-electron chi connectivity index (χ2n) is 7.02. The van der Waals surface area contributed by atoms with Gasteiger partial charge in [-0.3, -0.25) is 4.79 Å². The van der Waals surface area contributed by atoms with Crippen molar-refractivity contribution in [1.82, 2.24) is 5.32 Å². The monoisotopic (exact) mass is 335 g/mol. The molecule has 2 heterocycles. The van der Waals surface area contributed by atoms with Gasteiger partial charge in [-0.05, 0) is 42.2 Å². The first-order valence-corrected chi connectivity index (χ1v) is 9.19. The summed E-state index contributed by atoms with van der Waals surface area (Å²) in [5, 5.41) is 3.40. The quantitative estimate of drug-likeness (QED) is 0.933. The largest absolute Gasteiger partial charge is 0.369 e. The Bertz CT molecular complexity index is 725. The van der Waals surface area contributed by atoms with Gasteiger partial charge in [0.1, 0.15) is 0 Å². The molecule has 0 bridgehead atoms. The summed E-state index contributed by atoms with van der Waals surface area (Å²) >= 11 is 0. The maximum atomic E-state index is 12.4. The van der Waals surface area contributed by atoms with Crippen molar-refractivity contribution in [2.24, 2.45) is 5.92 Å². The smallest absolute Gasteiger partial charge is 0.227 e. The van der Waals surface area contributed by atoms with Crippen molar-refractivity contribution >= 4 is 17.3 Å². The standard InChI is InChI=1S/C21H25N3O/c25-21-15-18(16-24(21)19-6-2-1-3-7-19)13-17-5-4-8-20(14-17)23-11-9-22-10-12-23/h1-8,14,18,22H,9-13,15-16H2/t18-/m0/s1. The van der Waals surface area contributed by atoms with Crippen LogP contribution in [-0.4, -0.2) is 38.6 Å². The van der Waals surface area contributed by atoms with Gasteiger partial charge in [0.15, 0.2) is 0 Å². The van der Waals surface area contributed by atoms with Crippen LogP contribution in [0.2, 0.25) is 0 Å². The van der Waals surface area contributed by atoms with E-state index < -0.39 is 0 Å². The fourth-order valence-electron chi connectivity index (χ4n) is 3.91. The lowest BCUT2D eigenvalue weighted by molar-refractivity contribution is -0.117. The molecule has 0 spiro atoms. The highest BCUT2D eigenvalue weighted by atomic mass is 16.2. The zero-order valence-corrected chi connectivity index (χ0v) is 14.5. The molecule has 2 aliphatic heterocycles. The predicted octanol–water partition coefficient (Wildman–Crippen LogP) is 2.69. The number of anilines is 2. The zero-order chi connectivity index (χ0) is 17.1. The molecule has 25 heavy (non-hydrogen) atoms. The summed E-state index contributed by atoms with van der Waals surface area (Å²) in [7, 11) is 0. The van der Waals surface area contributed by atoms with Crippen molar-refractivity contribution in [2.45, 2.75) is 12.8 Å². The summed E-state index contributed by atoms with van der Waals surface area (Å²) < 4.78 is 0. The maximum Gasteiger partial charge on any atom is 0.227 e. The summed E-state index contributed by atoms with van der Waals surface area (Å²) in [6, 6.07) is 18.9. The normalized spacial score (nSPS) is 21.0. The number of para-hydroxylation sites is 1. The molecule has 2 aromatic rings. The van der Waals surface area contributed by atoms with Crippen LogP contribution in [0.4, 0.5) is 11.4 Å². The van der Waals surface area contributed by atoms with Crippen LogP contribution < -0.4 is 15.1 Å². The SMILES string of the molecule is O=C1C[C@H](Cc2cccc(N3CCNCC3)c2)CN1c1ccccc1. The minimum absolute atomic E-state index is 0.245. The lowest BCUT2D eigenvalue weighted by atomic mass is 9.98.